The van der Waals surface area contributed by atoms with Crippen LogP contribution in [0.1, 0.15) is 17.3 Å². The maximum Gasteiger partial charge on any atom is 1.00 e. The van der Waals surface area contributed by atoms with Crippen LogP contribution in [0.5, 0.6) is 0 Å². The number of hydrogen-bond acceptors (Lipinski definition) is 3. The van der Waals surface area contributed by atoms with Gasteiger partial charge in [-0.1, -0.05) is 0 Å². The van der Waals surface area contributed by atoms with Gasteiger partial charge in [-0.05, 0) is 0 Å². The molecule has 1 aromatic rings. The van der Waals surface area contributed by atoms with E-state index in [4.69, 9.17) is 0 Å². The van der Waals surface area contributed by atoms with Crippen LogP contribution in [0.3, 0.4) is 0 Å². The van der Waals surface area contributed by atoms with Gasteiger partial charge in [-0.3, -0.25) is 0 Å². The zero-order valence-electron chi connectivity index (χ0n) is 9.83. The van der Waals surface area contributed by atoms with Crippen LogP contribution in [0.15, 0.2) is 29.2 Å². The Morgan fingerprint density at radius 3 is 2.44 bits per heavy atom. The zero-order chi connectivity index (χ0) is 9.68. The number of rotatable bonds is 4. The Kier molecular flexibility index (Phi) is 20.0. The summed E-state index contributed by atoms with van der Waals surface area (Å²) >= 11 is -0.888. The standard InChI is InChI=1S/C7H6O2S.C2H5.ClH.Hg.2Na/c8-7(9)5-3-1-2-4-6(5)10;1-2;;;;/h1-4,10H,(H,8,9);1H2,2H3;1H;;;/q;;;3*+1/p-3. The summed E-state index contributed by atoms with van der Waals surface area (Å²) in [4.78, 5) is 11.6. The molecule has 1 rings (SSSR count). The number of carbonyl (C=O) groups excluding carboxylic acids is 1. The first kappa shape index (κ1) is 23.4. The molecule has 0 atom stereocenters. The van der Waals surface area contributed by atoms with Crippen LogP contribution in [0.4, 0.5) is 0 Å². The summed E-state index contributed by atoms with van der Waals surface area (Å²) in [5, 5.41) is 10.7. The predicted octanol–water partition coefficient (Wildman–Crippen LogP) is -7.41. The van der Waals surface area contributed by atoms with Gasteiger partial charge in [0.15, 0.2) is 0 Å². The van der Waals surface area contributed by atoms with E-state index in [1.807, 2.05) is 12.1 Å². The van der Waals surface area contributed by atoms with Crippen molar-refractivity contribution in [2.45, 2.75) is 15.7 Å². The fourth-order valence-corrected chi connectivity index (χ4v) is 9.76. The van der Waals surface area contributed by atoms with Crippen molar-refractivity contribution in [1.29, 1.82) is 0 Å². The summed E-state index contributed by atoms with van der Waals surface area (Å²) in [6, 6.07) is 7.09. The van der Waals surface area contributed by atoms with Gasteiger partial charge in [0.2, 0.25) is 0 Å². The first-order valence-electron chi connectivity index (χ1n) is 4.19. The number of benzene rings is 1. The molecule has 7 heteroatoms. The van der Waals surface area contributed by atoms with Crippen molar-refractivity contribution in [3.8, 4) is 0 Å². The molecule has 0 aromatic heterocycles. The molecule has 16 heavy (non-hydrogen) atoms. The molecule has 0 aliphatic carbocycles. The number of hydrogen-bond donors (Lipinski definition) is 0. The maximum absolute atomic E-state index is 10.7. The summed E-state index contributed by atoms with van der Waals surface area (Å²) in [6.07, 6.45) is 0. The molecular weight excluding hydrogens is 454 g/mol. The Balaban J connectivity index is -0.000000563. The molecule has 0 amide bonds. The van der Waals surface area contributed by atoms with Crippen molar-refractivity contribution in [2.24, 2.45) is 0 Å². The average molecular weight is 463 g/mol. The number of carboxylic acids is 1. The van der Waals surface area contributed by atoms with Crippen LogP contribution in [-0.2, 0) is 23.1 Å². The van der Waals surface area contributed by atoms with Crippen LogP contribution >= 0.6 is 8.24 Å². The minimum absolute atomic E-state index is 0. The Morgan fingerprint density at radius 2 is 1.94 bits per heavy atom. The normalized spacial score (nSPS) is 7.56. The van der Waals surface area contributed by atoms with Crippen molar-refractivity contribution >= 4 is 14.2 Å². The Hall–Kier alpha value is 2.27. The van der Waals surface area contributed by atoms with Gasteiger partial charge in [0.25, 0.3) is 0 Å². The molecule has 0 bridgehead atoms. The Bertz CT molecular complexity index is 315. The largest absolute Gasteiger partial charge is 1.00 e. The van der Waals surface area contributed by atoms with Crippen LogP contribution in [0.2, 0.25) is 3.93 Å². The number of carbonyl (C=O) groups is 1. The second kappa shape index (κ2) is 13.7. The van der Waals surface area contributed by atoms with Gasteiger partial charge in [0.1, 0.15) is 0 Å². The van der Waals surface area contributed by atoms with E-state index in [9.17, 15) is 9.90 Å². The molecule has 0 spiro atoms. The molecule has 0 heterocycles. The summed E-state index contributed by atoms with van der Waals surface area (Å²) in [5.41, 5.74) is 0.348. The van der Waals surface area contributed by atoms with E-state index >= 15 is 0 Å². The minimum atomic E-state index is -1.06. The third-order valence-electron chi connectivity index (χ3n) is 1.57. The molecule has 0 N–H and O–H groups in total. The van der Waals surface area contributed by atoms with Crippen LogP contribution in [0, 0.1) is 0 Å². The van der Waals surface area contributed by atoms with Crippen molar-refractivity contribution in [1.82, 2.24) is 0 Å². The van der Waals surface area contributed by atoms with E-state index in [2.05, 4.69) is 6.92 Å². The maximum atomic E-state index is 10.7. The van der Waals surface area contributed by atoms with Crippen LogP contribution in [-0.4, -0.2) is 5.97 Å². The van der Waals surface area contributed by atoms with E-state index in [1.165, 1.54) is 3.93 Å². The summed E-state index contributed by atoms with van der Waals surface area (Å²) < 4.78 is 1.26. The van der Waals surface area contributed by atoms with Gasteiger partial charge in [0.05, 0.1) is 0 Å². The first-order valence-corrected chi connectivity index (χ1v) is 15.8. The summed E-state index contributed by atoms with van der Waals surface area (Å²) in [6.45, 7) is 2.16. The first-order chi connectivity index (χ1) is 6.25. The Labute approximate surface area is 161 Å². The van der Waals surface area contributed by atoms with Crippen molar-refractivity contribution in [3.63, 3.8) is 0 Å². The van der Waals surface area contributed by atoms with Gasteiger partial charge in [-0.15, -0.1) is 0 Å². The molecule has 2 nitrogen and oxygen atoms in total. The fraction of sp³-hybridized carbons (Fsp3) is 0.222. The van der Waals surface area contributed by atoms with E-state index in [-0.39, 0.29) is 71.5 Å². The molecule has 0 saturated heterocycles. The molecule has 74 valence electrons. The second-order valence-electron chi connectivity index (χ2n) is 2.63. The van der Waals surface area contributed by atoms with Gasteiger partial charge in [-0.25, -0.2) is 0 Å². The summed E-state index contributed by atoms with van der Waals surface area (Å²) in [5.74, 6) is -1.06. The number of carboxylic acid groups (broad SMARTS) is 1. The van der Waals surface area contributed by atoms with Gasteiger partial charge in [0, 0.05) is 0 Å². The third-order valence-corrected chi connectivity index (χ3v) is 13.6. The molecule has 1 aromatic carbocycles. The third kappa shape index (κ3) is 8.38. The van der Waals surface area contributed by atoms with Gasteiger partial charge < -0.3 is 12.4 Å². The predicted molar refractivity (Wildman–Crippen MR) is 47.1 cm³/mol. The molecule has 0 aliphatic rings. The van der Waals surface area contributed by atoms with Crippen LogP contribution in [0.25, 0.3) is 0 Å². The van der Waals surface area contributed by atoms with Gasteiger partial charge >= 0.3 is 152 Å². The van der Waals surface area contributed by atoms with Crippen molar-refractivity contribution in [2.75, 3.05) is 0 Å². The van der Waals surface area contributed by atoms with Gasteiger partial charge in [-0.2, -0.15) is 0 Å². The minimum Gasteiger partial charge on any atom is -1.00 e. The molecular formula is C9H9ClHgNa2O2S. The van der Waals surface area contributed by atoms with E-state index < -0.39 is 29.0 Å². The Morgan fingerprint density at radius 1 is 1.38 bits per heavy atom. The molecule has 0 unspecified atom stereocenters. The quantitative estimate of drug-likeness (QED) is 0.417. The van der Waals surface area contributed by atoms with Crippen LogP contribution < -0.4 is 76.6 Å². The zero-order valence-corrected chi connectivity index (χ0v) is 20.9. The van der Waals surface area contributed by atoms with E-state index in [0.717, 1.165) is 4.90 Å². The fourth-order valence-electron chi connectivity index (χ4n) is 0.973. The second-order valence-corrected chi connectivity index (χ2v) is 15.8. The van der Waals surface area contributed by atoms with Crippen molar-refractivity contribution in [3.05, 3.63) is 29.8 Å². The topological polar surface area (TPSA) is 40.1 Å². The molecule has 0 fully saturated rings. The SMILES string of the molecule is C[CH2][Hg][S]c1ccccc1C(=O)[O-].[Cl-].[Na+].[Na+]. The number of aromatic carboxylic acids is 1. The number of halogens is 1. The smallest absolute Gasteiger partial charge is 1.00 e. The average Bonchev–Trinajstić information content (AvgIpc) is 2.15. The van der Waals surface area contributed by atoms with E-state index in [0.29, 0.717) is 5.56 Å². The van der Waals surface area contributed by atoms with E-state index in [1.54, 1.807) is 20.4 Å². The van der Waals surface area contributed by atoms with Crippen molar-refractivity contribution < 1.29 is 104 Å². The molecule has 0 aliphatic heterocycles. The molecule has 0 saturated carbocycles. The monoisotopic (exact) mass is 464 g/mol. The summed E-state index contributed by atoms with van der Waals surface area (Å²) in [7, 11) is 1.78. The molecule has 0 radical (unpaired) electrons.